The number of benzene rings is 1. The molecule has 0 aliphatic heterocycles. The number of anilines is 1. The molecule has 4 heteroatoms. The Bertz CT molecular complexity index is 787. The van der Waals surface area contributed by atoms with Crippen LogP contribution in [0.25, 0.3) is 22.1 Å². The third-order valence-electron chi connectivity index (χ3n) is 4.28. The predicted octanol–water partition coefficient (Wildman–Crippen LogP) is 4.43. The first-order chi connectivity index (χ1) is 10.3. The summed E-state index contributed by atoms with van der Waals surface area (Å²) in [6, 6.07) is 8.54. The van der Waals surface area contributed by atoms with Crippen molar-refractivity contribution in [1.82, 2.24) is 9.97 Å². The highest BCUT2D eigenvalue weighted by Gasteiger charge is 2.18. The van der Waals surface area contributed by atoms with E-state index in [1.54, 1.807) is 0 Å². The molecule has 0 atom stereocenters. The molecule has 1 N–H and O–H groups in total. The fourth-order valence-corrected chi connectivity index (χ4v) is 3.24. The minimum absolute atomic E-state index is 0.504. The molecule has 0 bridgehead atoms. The minimum atomic E-state index is 0.504. The molecule has 2 aromatic heterocycles. The summed E-state index contributed by atoms with van der Waals surface area (Å²) in [5, 5.41) is 4.64. The molecule has 4 rings (SSSR count). The van der Waals surface area contributed by atoms with E-state index in [0.29, 0.717) is 6.04 Å². The second-order valence-electron chi connectivity index (χ2n) is 5.87. The highest BCUT2D eigenvalue weighted by molar-refractivity contribution is 6.05. The van der Waals surface area contributed by atoms with Gasteiger partial charge in [0, 0.05) is 11.4 Å². The van der Waals surface area contributed by atoms with Gasteiger partial charge in [-0.1, -0.05) is 31.4 Å². The molecular formula is C17H19N3O. The van der Waals surface area contributed by atoms with Gasteiger partial charge in [-0.15, -0.1) is 0 Å². The molecule has 108 valence electrons. The van der Waals surface area contributed by atoms with Gasteiger partial charge in [-0.2, -0.15) is 0 Å². The third kappa shape index (κ3) is 2.24. The highest BCUT2D eigenvalue weighted by atomic mass is 16.3. The quantitative estimate of drug-likeness (QED) is 0.755. The maximum Gasteiger partial charge on any atom is 0.196 e. The van der Waals surface area contributed by atoms with Gasteiger partial charge in [-0.3, -0.25) is 0 Å². The molecule has 0 spiro atoms. The molecule has 1 aliphatic rings. The lowest BCUT2D eigenvalue weighted by atomic mass is 9.95. The summed E-state index contributed by atoms with van der Waals surface area (Å²) in [7, 11) is 0. The minimum Gasteiger partial charge on any atom is -0.450 e. The van der Waals surface area contributed by atoms with Gasteiger partial charge >= 0.3 is 0 Å². The van der Waals surface area contributed by atoms with Crippen molar-refractivity contribution in [2.24, 2.45) is 0 Å². The molecular weight excluding hydrogens is 262 g/mol. The van der Waals surface area contributed by atoms with Crippen LogP contribution in [0.15, 0.2) is 28.7 Å². The van der Waals surface area contributed by atoms with Crippen molar-refractivity contribution in [2.45, 2.75) is 45.1 Å². The van der Waals surface area contributed by atoms with E-state index >= 15 is 0 Å². The topological polar surface area (TPSA) is 51.0 Å². The number of fused-ring (bicyclic) bond motifs is 3. The van der Waals surface area contributed by atoms with Gasteiger partial charge in [-0.05, 0) is 31.9 Å². The standard InChI is InChI=1S/C17H19N3O/c1-11-18-15-13-9-5-6-10-14(13)21-16(15)17(19-11)20-12-7-3-2-4-8-12/h5-6,9-10,12H,2-4,7-8H2,1H3,(H,18,19,20). The molecule has 2 heterocycles. The first kappa shape index (κ1) is 12.6. The van der Waals surface area contributed by atoms with Crippen molar-refractivity contribution in [3.63, 3.8) is 0 Å². The molecule has 0 radical (unpaired) electrons. The molecule has 1 aromatic carbocycles. The molecule has 1 fully saturated rings. The van der Waals surface area contributed by atoms with Crippen LogP contribution in [-0.4, -0.2) is 16.0 Å². The molecule has 21 heavy (non-hydrogen) atoms. The number of aryl methyl sites for hydroxylation is 1. The van der Waals surface area contributed by atoms with E-state index in [2.05, 4.69) is 21.4 Å². The number of nitrogens with one attached hydrogen (secondary N) is 1. The Morgan fingerprint density at radius 2 is 1.90 bits per heavy atom. The van der Waals surface area contributed by atoms with E-state index in [4.69, 9.17) is 4.42 Å². The van der Waals surface area contributed by atoms with Gasteiger partial charge in [0.15, 0.2) is 11.4 Å². The second kappa shape index (κ2) is 5.02. The van der Waals surface area contributed by atoms with Gasteiger partial charge < -0.3 is 9.73 Å². The lowest BCUT2D eigenvalue weighted by Crippen LogP contribution is -2.23. The van der Waals surface area contributed by atoms with Crippen LogP contribution in [-0.2, 0) is 0 Å². The molecule has 0 unspecified atom stereocenters. The molecule has 1 aliphatic carbocycles. The smallest absolute Gasteiger partial charge is 0.196 e. The molecule has 0 amide bonds. The van der Waals surface area contributed by atoms with Gasteiger partial charge in [-0.25, -0.2) is 9.97 Å². The summed E-state index contributed by atoms with van der Waals surface area (Å²) in [6.07, 6.45) is 6.37. The fourth-order valence-electron chi connectivity index (χ4n) is 3.24. The van der Waals surface area contributed by atoms with Gasteiger partial charge in [0.25, 0.3) is 0 Å². The highest BCUT2D eigenvalue weighted by Crippen LogP contribution is 2.32. The Balaban J connectivity index is 1.83. The summed E-state index contributed by atoms with van der Waals surface area (Å²) in [4.78, 5) is 9.15. The summed E-state index contributed by atoms with van der Waals surface area (Å²) in [6.45, 7) is 1.94. The summed E-state index contributed by atoms with van der Waals surface area (Å²) < 4.78 is 5.99. The summed E-state index contributed by atoms with van der Waals surface area (Å²) in [5.41, 5.74) is 2.57. The van der Waals surface area contributed by atoms with Crippen LogP contribution >= 0.6 is 0 Å². The van der Waals surface area contributed by atoms with Crippen LogP contribution in [0.3, 0.4) is 0 Å². The van der Waals surface area contributed by atoms with Crippen LogP contribution in [0.5, 0.6) is 0 Å². The lowest BCUT2D eigenvalue weighted by molar-refractivity contribution is 0.461. The van der Waals surface area contributed by atoms with Gasteiger partial charge in [0.2, 0.25) is 0 Å². The average molecular weight is 281 g/mol. The number of nitrogens with zero attached hydrogens (tertiary/aromatic N) is 2. The first-order valence-electron chi connectivity index (χ1n) is 7.74. The van der Waals surface area contributed by atoms with Crippen LogP contribution in [0, 0.1) is 6.92 Å². The van der Waals surface area contributed by atoms with E-state index in [0.717, 1.165) is 33.7 Å². The maximum absolute atomic E-state index is 5.99. The number of aromatic nitrogens is 2. The van der Waals surface area contributed by atoms with E-state index < -0.39 is 0 Å². The van der Waals surface area contributed by atoms with E-state index in [9.17, 15) is 0 Å². The van der Waals surface area contributed by atoms with Crippen LogP contribution in [0.4, 0.5) is 5.82 Å². The van der Waals surface area contributed by atoms with E-state index in [1.807, 2.05) is 25.1 Å². The van der Waals surface area contributed by atoms with Gasteiger partial charge in [0.05, 0.1) is 0 Å². The molecule has 3 aromatic rings. The Labute approximate surface area is 123 Å². The van der Waals surface area contributed by atoms with Crippen molar-refractivity contribution in [2.75, 3.05) is 5.32 Å². The first-order valence-corrected chi connectivity index (χ1v) is 7.74. The van der Waals surface area contributed by atoms with Crippen LogP contribution in [0.1, 0.15) is 37.9 Å². The average Bonchev–Trinajstić information content (AvgIpc) is 2.87. The van der Waals surface area contributed by atoms with Gasteiger partial charge in [0.1, 0.15) is 16.9 Å². The Hall–Kier alpha value is -2.10. The number of rotatable bonds is 2. The zero-order chi connectivity index (χ0) is 14.2. The lowest BCUT2D eigenvalue weighted by Gasteiger charge is -2.23. The molecule has 0 saturated heterocycles. The monoisotopic (exact) mass is 281 g/mol. The number of furan rings is 1. The maximum atomic E-state index is 5.99. The largest absolute Gasteiger partial charge is 0.450 e. The Morgan fingerprint density at radius 1 is 1.10 bits per heavy atom. The summed E-state index contributed by atoms with van der Waals surface area (Å²) >= 11 is 0. The normalized spacial score (nSPS) is 16.6. The fraction of sp³-hybridized carbons (Fsp3) is 0.412. The predicted molar refractivity (Wildman–Crippen MR) is 84.5 cm³/mol. The number of hydrogen-bond donors (Lipinski definition) is 1. The van der Waals surface area contributed by atoms with Crippen molar-refractivity contribution in [1.29, 1.82) is 0 Å². The van der Waals surface area contributed by atoms with Crippen molar-refractivity contribution in [3.8, 4) is 0 Å². The van der Waals surface area contributed by atoms with Crippen molar-refractivity contribution in [3.05, 3.63) is 30.1 Å². The Kier molecular flexibility index (Phi) is 3.02. The molecule has 4 nitrogen and oxygen atoms in total. The van der Waals surface area contributed by atoms with E-state index in [1.165, 1.54) is 32.1 Å². The van der Waals surface area contributed by atoms with Crippen LogP contribution in [0.2, 0.25) is 0 Å². The Morgan fingerprint density at radius 3 is 2.76 bits per heavy atom. The number of para-hydroxylation sites is 1. The molecule has 1 saturated carbocycles. The van der Waals surface area contributed by atoms with Crippen LogP contribution < -0.4 is 5.32 Å². The zero-order valence-electron chi connectivity index (χ0n) is 12.2. The number of hydrogen-bond acceptors (Lipinski definition) is 4. The van der Waals surface area contributed by atoms with Crippen molar-refractivity contribution < 1.29 is 4.42 Å². The third-order valence-corrected chi connectivity index (χ3v) is 4.28. The van der Waals surface area contributed by atoms with E-state index in [-0.39, 0.29) is 0 Å². The zero-order valence-corrected chi connectivity index (χ0v) is 12.2. The summed E-state index contributed by atoms with van der Waals surface area (Å²) in [5.74, 6) is 1.63. The second-order valence-corrected chi connectivity index (χ2v) is 5.87. The SMILES string of the molecule is Cc1nc(NC2CCCCC2)c2oc3ccccc3c2n1. The van der Waals surface area contributed by atoms with Crippen molar-refractivity contribution >= 4 is 27.9 Å².